The molecule has 1 aromatic rings. The van der Waals surface area contributed by atoms with Gasteiger partial charge in [0, 0.05) is 24.0 Å². The molecule has 0 bridgehead atoms. The van der Waals surface area contributed by atoms with Crippen molar-refractivity contribution in [2.45, 2.75) is 25.3 Å². The summed E-state index contributed by atoms with van der Waals surface area (Å²) in [4.78, 5) is 14.9. The van der Waals surface area contributed by atoms with E-state index in [1.54, 1.807) is 11.3 Å². The van der Waals surface area contributed by atoms with E-state index in [1.807, 2.05) is 22.4 Å². The molecule has 4 heteroatoms. The molecule has 2 rings (SSSR count). The predicted molar refractivity (Wildman–Crippen MR) is 61.8 cm³/mol. The standard InChI is InChI=1S/C11H16N2OS/c12-9-3-5-13(6-4-9)11(14)8-10-2-1-7-15-10/h1-2,7,9H,3-6,8,12H2. The van der Waals surface area contributed by atoms with Crippen molar-refractivity contribution in [1.29, 1.82) is 0 Å². The van der Waals surface area contributed by atoms with E-state index in [1.165, 1.54) is 0 Å². The van der Waals surface area contributed by atoms with Gasteiger partial charge in [-0.25, -0.2) is 0 Å². The van der Waals surface area contributed by atoms with Crippen LogP contribution in [0.1, 0.15) is 17.7 Å². The third kappa shape index (κ3) is 2.79. The topological polar surface area (TPSA) is 46.3 Å². The normalized spacial score (nSPS) is 18.1. The summed E-state index contributed by atoms with van der Waals surface area (Å²) in [7, 11) is 0. The van der Waals surface area contributed by atoms with Crippen molar-refractivity contribution in [3.8, 4) is 0 Å². The minimum absolute atomic E-state index is 0.240. The van der Waals surface area contributed by atoms with E-state index in [0.29, 0.717) is 6.42 Å². The zero-order valence-electron chi connectivity index (χ0n) is 8.69. The molecule has 0 radical (unpaired) electrons. The molecular weight excluding hydrogens is 208 g/mol. The second-order valence-corrected chi connectivity index (χ2v) is 5.01. The van der Waals surface area contributed by atoms with Crippen molar-refractivity contribution in [3.63, 3.8) is 0 Å². The van der Waals surface area contributed by atoms with Crippen LogP contribution in [0.25, 0.3) is 0 Å². The summed E-state index contributed by atoms with van der Waals surface area (Å²) < 4.78 is 0. The van der Waals surface area contributed by atoms with Gasteiger partial charge >= 0.3 is 0 Å². The molecule has 0 aromatic carbocycles. The number of nitrogens with two attached hydrogens (primary N) is 1. The maximum absolute atomic E-state index is 11.9. The molecule has 3 nitrogen and oxygen atoms in total. The Kier molecular flexibility index (Phi) is 3.38. The van der Waals surface area contributed by atoms with Crippen molar-refractivity contribution >= 4 is 17.2 Å². The smallest absolute Gasteiger partial charge is 0.227 e. The number of carbonyl (C=O) groups excluding carboxylic acids is 1. The zero-order valence-corrected chi connectivity index (χ0v) is 9.50. The van der Waals surface area contributed by atoms with E-state index >= 15 is 0 Å². The van der Waals surface area contributed by atoms with Gasteiger partial charge in [0.25, 0.3) is 0 Å². The number of nitrogens with zero attached hydrogens (tertiary/aromatic N) is 1. The molecule has 1 amide bonds. The molecule has 0 aliphatic carbocycles. The number of likely N-dealkylation sites (tertiary alicyclic amines) is 1. The van der Waals surface area contributed by atoms with Gasteiger partial charge in [-0.2, -0.15) is 0 Å². The van der Waals surface area contributed by atoms with Gasteiger partial charge in [0.05, 0.1) is 6.42 Å². The molecule has 82 valence electrons. The van der Waals surface area contributed by atoms with Gasteiger partial charge in [0.15, 0.2) is 0 Å². The molecule has 0 atom stereocenters. The average molecular weight is 224 g/mol. The van der Waals surface area contributed by atoms with Crippen LogP contribution in [0.3, 0.4) is 0 Å². The van der Waals surface area contributed by atoms with Crippen molar-refractivity contribution in [2.24, 2.45) is 5.73 Å². The lowest BCUT2D eigenvalue weighted by atomic mass is 10.1. The van der Waals surface area contributed by atoms with Crippen molar-refractivity contribution in [3.05, 3.63) is 22.4 Å². The lowest BCUT2D eigenvalue weighted by Gasteiger charge is -2.30. The summed E-state index contributed by atoms with van der Waals surface area (Å²) in [6.45, 7) is 1.65. The molecule has 2 N–H and O–H groups in total. The second kappa shape index (κ2) is 4.77. The van der Waals surface area contributed by atoms with E-state index in [-0.39, 0.29) is 11.9 Å². The molecule has 1 saturated heterocycles. The number of amides is 1. The molecule has 15 heavy (non-hydrogen) atoms. The van der Waals surface area contributed by atoms with Crippen molar-refractivity contribution < 1.29 is 4.79 Å². The summed E-state index contributed by atoms with van der Waals surface area (Å²) in [5.41, 5.74) is 5.80. The highest BCUT2D eigenvalue weighted by molar-refractivity contribution is 7.10. The summed E-state index contributed by atoms with van der Waals surface area (Å²) in [6.07, 6.45) is 2.43. The number of hydrogen-bond donors (Lipinski definition) is 1. The summed E-state index contributed by atoms with van der Waals surface area (Å²) >= 11 is 1.64. The van der Waals surface area contributed by atoms with Gasteiger partial charge in [-0.15, -0.1) is 11.3 Å². The lowest BCUT2D eigenvalue weighted by Crippen LogP contribution is -2.43. The molecule has 0 unspecified atom stereocenters. The maximum Gasteiger partial charge on any atom is 0.227 e. The fraction of sp³-hybridized carbons (Fsp3) is 0.545. The van der Waals surface area contributed by atoms with E-state index in [4.69, 9.17) is 5.73 Å². The fourth-order valence-corrected chi connectivity index (χ4v) is 2.52. The van der Waals surface area contributed by atoms with Crippen LogP contribution in [0, 0.1) is 0 Å². The predicted octanol–water partition coefficient (Wildman–Crippen LogP) is 1.24. The van der Waals surface area contributed by atoms with Gasteiger partial charge in [-0.3, -0.25) is 4.79 Å². The molecule has 1 aromatic heterocycles. The van der Waals surface area contributed by atoms with E-state index in [9.17, 15) is 4.79 Å². The molecule has 0 spiro atoms. The number of carbonyl (C=O) groups is 1. The van der Waals surface area contributed by atoms with Crippen LogP contribution in [-0.4, -0.2) is 29.9 Å². The van der Waals surface area contributed by atoms with Gasteiger partial charge in [0.1, 0.15) is 0 Å². The Balaban J connectivity index is 1.86. The molecule has 0 saturated carbocycles. The van der Waals surface area contributed by atoms with Crippen LogP contribution in [-0.2, 0) is 11.2 Å². The Hall–Kier alpha value is -0.870. The highest BCUT2D eigenvalue weighted by atomic mass is 32.1. The average Bonchev–Trinajstić information content (AvgIpc) is 2.71. The van der Waals surface area contributed by atoms with Crippen molar-refractivity contribution in [2.75, 3.05) is 13.1 Å². The molecule has 2 heterocycles. The second-order valence-electron chi connectivity index (χ2n) is 3.97. The number of piperidine rings is 1. The lowest BCUT2D eigenvalue weighted by molar-refractivity contribution is -0.131. The third-order valence-corrected chi connectivity index (χ3v) is 3.67. The van der Waals surface area contributed by atoms with E-state index in [2.05, 4.69) is 0 Å². The SMILES string of the molecule is NC1CCN(C(=O)Cc2cccs2)CC1. The van der Waals surface area contributed by atoms with Crippen LogP contribution < -0.4 is 5.73 Å². The summed E-state index contributed by atoms with van der Waals surface area (Å²) in [6, 6.07) is 4.29. The van der Waals surface area contributed by atoms with E-state index in [0.717, 1.165) is 30.8 Å². The molecule has 1 aliphatic rings. The Morgan fingerprint density at radius 3 is 2.87 bits per heavy atom. The van der Waals surface area contributed by atoms with Crippen LogP contribution in [0.15, 0.2) is 17.5 Å². The minimum atomic E-state index is 0.240. The van der Waals surface area contributed by atoms with E-state index < -0.39 is 0 Å². The first-order chi connectivity index (χ1) is 7.25. The first-order valence-electron chi connectivity index (χ1n) is 5.31. The zero-order chi connectivity index (χ0) is 10.7. The maximum atomic E-state index is 11.9. The number of rotatable bonds is 2. The highest BCUT2D eigenvalue weighted by Crippen LogP contribution is 2.13. The fourth-order valence-electron chi connectivity index (χ4n) is 1.82. The summed E-state index contributed by atoms with van der Waals surface area (Å²) in [5.74, 6) is 0.240. The highest BCUT2D eigenvalue weighted by Gasteiger charge is 2.20. The van der Waals surface area contributed by atoms with Gasteiger partial charge in [0.2, 0.25) is 5.91 Å². The minimum Gasteiger partial charge on any atom is -0.342 e. The van der Waals surface area contributed by atoms with Crippen LogP contribution in [0.2, 0.25) is 0 Å². The Labute approximate surface area is 93.9 Å². The van der Waals surface area contributed by atoms with Gasteiger partial charge in [-0.1, -0.05) is 6.07 Å². The Morgan fingerprint density at radius 2 is 2.27 bits per heavy atom. The van der Waals surface area contributed by atoms with Crippen LogP contribution in [0.4, 0.5) is 0 Å². The number of hydrogen-bond acceptors (Lipinski definition) is 3. The number of thiophene rings is 1. The molecule has 1 fully saturated rings. The summed E-state index contributed by atoms with van der Waals surface area (Å²) in [5, 5.41) is 2.01. The molecule has 1 aliphatic heterocycles. The Bertz CT molecular complexity index is 315. The first-order valence-corrected chi connectivity index (χ1v) is 6.19. The van der Waals surface area contributed by atoms with Crippen LogP contribution in [0.5, 0.6) is 0 Å². The first kappa shape index (κ1) is 10.6. The third-order valence-electron chi connectivity index (χ3n) is 2.80. The molecular formula is C11H16N2OS. The van der Waals surface area contributed by atoms with Crippen molar-refractivity contribution in [1.82, 2.24) is 4.90 Å². The monoisotopic (exact) mass is 224 g/mol. The van der Waals surface area contributed by atoms with Gasteiger partial charge in [-0.05, 0) is 24.3 Å². The van der Waals surface area contributed by atoms with Gasteiger partial charge < -0.3 is 10.6 Å². The quantitative estimate of drug-likeness (QED) is 0.821. The Morgan fingerprint density at radius 1 is 1.53 bits per heavy atom. The largest absolute Gasteiger partial charge is 0.342 e. The van der Waals surface area contributed by atoms with Crippen LogP contribution >= 0.6 is 11.3 Å².